The van der Waals surface area contributed by atoms with Crippen LogP contribution in [0.1, 0.15) is 42.2 Å². The second-order valence-corrected chi connectivity index (χ2v) is 9.37. The summed E-state index contributed by atoms with van der Waals surface area (Å²) in [7, 11) is 0. The van der Waals surface area contributed by atoms with Gasteiger partial charge in [-0.2, -0.15) is 4.98 Å². The second kappa shape index (κ2) is 6.82. The standard InChI is InChI=1S/C25H23N3O4/c29-25(28-11-17-3-1-2-4-18(17)12-28)22-15-6-5-14(9-15)21(22)24-26-23(27-32-24)16-7-8-19-20(10-16)31-13-30-19/h1-4,7-8,10,14-15,21-22H,5-6,9,11-13H2/t14-,15+,21+,22+/m1/s1. The van der Waals surface area contributed by atoms with Gasteiger partial charge in [0.05, 0.1) is 11.8 Å². The van der Waals surface area contributed by atoms with Gasteiger partial charge >= 0.3 is 0 Å². The van der Waals surface area contributed by atoms with Crippen molar-refractivity contribution in [3.63, 3.8) is 0 Å². The molecule has 4 aliphatic rings. The van der Waals surface area contributed by atoms with E-state index in [9.17, 15) is 4.79 Å². The minimum absolute atomic E-state index is 0.000206. The predicted molar refractivity (Wildman–Crippen MR) is 114 cm³/mol. The molecule has 7 rings (SSSR count). The predicted octanol–water partition coefficient (Wildman–Crippen LogP) is 4.14. The highest BCUT2D eigenvalue weighted by molar-refractivity contribution is 5.81. The largest absolute Gasteiger partial charge is 0.454 e. The Morgan fingerprint density at radius 1 is 0.969 bits per heavy atom. The van der Waals surface area contributed by atoms with Crippen LogP contribution in [-0.4, -0.2) is 27.7 Å². The molecule has 0 unspecified atom stereocenters. The van der Waals surface area contributed by atoms with Crippen LogP contribution in [0.3, 0.4) is 0 Å². The van der Waals surface area contributed by atoms with Crippen molar-refractivity contribution in [3.8, 4) is 22.9 Å². The number of benzene rings is 2. The fraction of sp³-hybridized carbons (Fsp3) is 0.400. The van der Waals surface area contributed by atoms with Gasteiger partial charge in [-0.05, 0) is 60.4 Å². The number of rotatable bonds is 3. The lowest BCUT2D eigenvalue weighted by Crippen LogP contribution is -2.38. The third-order valence-electron chi connectivity index (χ3n) is 7.71. The minimum Gasteiger partial charge on any atom is -0.454 e. The highest BCUT2D eigenvalue weighted by atomic mass is 16.7. The fourth-order valence-electron chi connectivity index (χ4n) is 6.23. The van der Waals surface area contributed by atoms with Crippen molar-refractivity contribution in [2.75, 3.05) is 6.79 Å². The van der Waals surface area contributed by atoms with E-state index in [1.807, 2.05) is 35.2 Å². The van der Waals surface area contributed by atoms with Gasteiger partial charge in [0.25, 0.3) is 0 Å². The number of hydrogen-bond acceptors (Lipinski definition) is 6. The Morgan fingerprint density at radius 3 is 2.59 bits per heavy atom. The Hall–Kier alpha value is -3.35. The zero-order chi connectivity index (χ0) is 21.2. The summed E-state index contributed by atoms with van der Waals surface area (Å²) in [6, 6.07) is 14.0. The number of carbonyl (C=O) groups is 1. The normalized spacial score (nSPS) is 27.2. The average molecular weight is 429 g/mol. The first-order valence-electron chi connectivity index (χ1n) is 11.3. The van der Waals surface area contributed by atoms with Crippen molar-refractivity contribution in [3.05, 3.63) is 59.5 Å². The van der Waals surface area contributed by atoms with Gasteiger partial charge in [-0.1, -0.05) is 29.4 Å². The summed E-state index contributed by atoms with van der Waals surface area (Å²) >= 11 is 0. The van der Waals surface area contributed by atoms with Crippen LogP contribution in [0.5, 0.6) is 11.5 Å². The minimum atomic E-state index is -0.0758. The Labute approximate surface area is 185 Å². The van der Waals surface area contributed by atoms with E-state index in [1.54, 1.807) is 0 Å². The Morgan fingerprint density at radius 2 is 1.75 bits per heavy atom. The lowest BCUT2D eigenvalue weighted by Gasteiger charge is -2.31. The summed E-state index contributed by atoms with van der Waals surface area (Å²) < 4.78 is 16.7. The second-order valence-electron chi connectivity index (χ2n) is 9.37. The van der Waals surface area contributed by atoms with Crippen LogP contribution < -0.4 is 9.47 Å². The zero-order valence-electron chi connectivity index (χ0n) is 17.6. The number of ether oxygens (including phenoxy) is 2. The number of aromatic nitrogens is 2. The molecule has 0 N–H and O–H groups in total. The van der Waals surface area contributed by atoms with Crippen molar-refractivity contribution in [2.24, 2.45) is 17.8 Å². The molecule has 0 saturated heterocycles. The molecule has 2 saturated carbocycles. The zero-order valence-corrected chi connectivity index (χ0v) is 17.6. The summed E-state index contributed by atoms with van der Waals surface area (Å²) in [5.41, 5.74) is 3.33. The summed E-state index contributed by atoms with van der Waals surface area (Å²) in [5, 5.41) is 4.26. The summed E-state index contributed by atoms with van der Waals surface area (Å²) in [4.78, 5) is 20.5. The van der Waals surface area contributed by atoms with E-state index in [0.717, 1.165) is 30.6 Å². The van der Waals surface area contributed by atoms with E-state index in [-0.39, 0.29) is 24.5 Å². The quantitative estimate of drug-likeness (QED) is 0.623. The molecule has 0 radical (unpaired) electrons. The smallest absolute Gasteiger partial charge is 0.231 e. The van der Waals surface area contributed by atoms with Gasteiger partial charge in [0, 0.05) is 18.7 Å². The van der Waals surface area contributed by atoms with Gasteiger partial charge in [-0.15, -0.1) is 0 Å². The number of nitrogens with zero attached hydrogens (tertiary/aromatic N) is 3. The van der Waals surface area contributed by atoms with Crippen LogP contribution in [0.2, 0.25) is 0 Å². The van der Waals surface area contributed by atoms with E-state index in [1.165, 1.54) is 11.1 Å². The SMILES string of the molecule is O=C([C@H]1[C@H]2CC[C@H](C2)[C@@H]1c1nc(-c2ccc3c(c2)OCO3)no1)N1Cc2ccccc2C1. The number of carbonyl (C=O) groups excluding carboxylic acids is 1. The molecule has 2 bridgehead atoms. The molecule has 1 aromatic heterocycles. The molecule has 1 amide bonds. The lowest BCUT2D eigenvalue weighted by molar-refractivity contribution is -0.138. The molecule has 7 heteroatoms. The van der Waals surface area contributed by atoms with Crippen molar-refractivity contribution >= 4 is 5.91 Å². The van der Waals surface area contributed by atoms with E-state index < -0.39 is 0 Å². The van der Waals surface area contributed by atoms with Gasteiger partial charge in [-0.3, -0.25) is 4.79 Å². The van der Waals surface area contributed by atoms with Crippen LogP contribution in [0.25, 0.3) is 11.4 Å². The Balaban J connectivity index is 1.18. The highest BCUT2D eigenvalue weighted by Gasteiger charge is 2.54. The molecule has 2 fully saturated rings. The third kappa shape index (κ3) is 2.70. The molecule has 0 spiro atoms. The summed E-state index contributed by atoms with van der Waals surface area (Å²) in [5.74, 6) is 3.54. The Bertz CT molecular complexity index is 1200. The van der Waals surface area contributed by atoms with Crippen LogP contribution in [0, 0.1) is 17.8 Å². The molecule has 2 aliphatic carbocycles. The van der Waals surface area contributed by atoms with E-state index in [0.29, 0.717) is 42.4 Å². The first kappa shape index (κ1) is 18.2. The van der Waals surface area contributed by atoms with Crippen molar-refractivity contribution in [2.45, 2.75) is 38.3 Å². The first-order chi connectivity index (χ1) is 15.7. The third-order valence-corrected chi connectivity index (χ3v) is 7.71. The van der Waals surface area contributed by atoms with Gasteiger partial charge in [0.15, 0.2) is 11.5 Å². The van der Waals surface area contributed by atoms with Crippen LogP contribution in [0.4, 0.5) is 0 Å². The van der Waals surface area contributed by atoms with Crippen molar-refractivity contribution < 1.29 is 18.8 Å². The molecule has 2 aliphatic heterocycles. The fourth-order valence-corrected chi connectivity index (χ4v) is 6.23. The highest BCUT2D eigenvalue weighted by Crippen LogP contribution is 2.57. The van der Waals surface area contributed by atoms with Crippen LogP contribution in [0.15, 0.2) is 47.0 Å². The topological polar surface area (TPSA) is 77.7 Å². The molecular weight excluding hydrogens is 406 g/mol. The maximum Gasteiger partial charge on any atom is 0.231 e. The molecule has 2 aromatic carbocycles. The monoisotopic (exact) mass is 429 g/mol. The number of fused-ring (bicyclic) bond motifs is 4. The van der Waals surface area contributed by atoms with Gasteiger partial charge < -0.3 is 18.9 Å². The maximum absolute atomic E-state index is 13.7. The molecule has 32 heavy (non-hydrogen) atoms. The van der Waals surface area contributed by atoms with Crippen LogP contribution >= 0.6 is 0 Å². The van der Waals surface area contributed by atoms with Gasteiger partial charge in [0.1, 0.15) is 0 Å². The molecule has 3 heterocycles. The van der Waals surface area contributed by atoms with Crippen molar-refractivity contribution in [1.29, 1.82) is 0 Å². The van der Waals surface area contributed by atoms with Gasteiger partial charge in [0.2, 0.25) is 24.4 Å². The van der Waals surface area contributed by atoms with Crippen molar-refractivity contribution in [1.82, 2.24) is 15.0 Å². The molecule has 4 atom stereocenters. The van der Waals surface area contributed by atoms with E-state index in [2.05, 4.69) is 17.3 Å². The number of hydrogen-bond donors (Lipinski definition) is 0. The Kier molecular flexibility index (Phi) is 3.89. The number of amides is 1. The van der Waals surface area contributed by atoms with E-state index in [4.69, 9.17) is 19.0 Å². The lowest BCUT2D eigenvalue weighted by atomic mass is 9.78. The molecule has 162 valence electrons. The maximum atomic E-state index is 13.7. The van der Waals surface area contributed by atoms with E-state index >= 15 is 0 Å². The molecule has 7 nitrogen and oxygen atoms in total. The summed E-state index contributed by atoms with van der Waals surface area (Å²) in [6.07, 6.45) is 3.31. The molecule has 3 aromatic rings. The summed E-state index contributed by atoms with van der Waals surface area (Å²) in [6.45, 7) is 1.62. The van der Waals surface area contributed by atoms with Crippen LogP contribution in [-0.2, 0) is 17.9 Å². The van der Waals surface area contributed by atoms with Gasteiger partial charge in [-0.25, -0.2) is 0 Å². The first-order valence-corrected chi connectivity index (χ1v) is 11.3. The molecular formula is C25H23N3O4. The average Bonchev–Trinajstić information content (AvgIpc) is 3.64.